The number of benzene rings is 1. The lowest BCUT2D eigenvalue weighted by molar-refractivity contribution is -0.219. The summed E-state index contributed by atoms with van der Waals surface area (Å²) in [7, 11) is 0. The Morgan fingerprint density at radius 3 is 2.32 bits per heavy atom. The second kappa shape index (κ2) is 18.6. The van der Waals surface area contributed by atoms with E-state index in [1.165, 1.54) is 53.3 Å². The maximum absolute atomic E-state index is 16.4. The van der Waals surface area contributed by atoms with Crippen molar-refractivity contribution in [1.29, 1.82) is 0 Å². The molecule has 0 amide bonds. The molecule has 15 heteroatoms. The lowest BCUT2D eigenvalue weighted by atomic mass is 9.94. The van der Waals surface area contributed by atoms with Crippen molar-refractivity contribution in [3.05, 3.63) is 65.9 Å². The predicted octanol–water partition coefficient (Wildman–Crippen LogP) is 8.94. The molecule has 0 saturated heterocycles. The standard InChI is InChI=1S/C38H55F5N8OS/c1-10-45-34(51-23-20-31(48-51)52-26-36(8,9)38(41,42)43)33(44)28-16-12-13-17-29(28)37(39,40)25-49(27(3)4)21-15-22-50(24-35(5,6)7)30-18-14-19-32(47-30)53-46-11-2/h10,12-14,16-20,23,27,46H,11,15,21-22,24-26,44H2,1-9H3/b34-33+,45-10-. The maximum Gasteiger partial charge on any atom is 0.397 e. The number of hydrogen-bond donors (Lipinski definition) is 2. The number of nitrogens with one attached hydrogen (secondary N) is 1. The van der Waals surface area contributed by atoms with E-state index in [0.717, 1.165) is 37.8 Å². The van der Waals surface area contributed by atoms with Crippen LogP contribution >= 0.6 is 11.9 Å². The minimum absolute atomic E-state index is 0.0156. The van der Waals surface area contributed by atoms with Gasteiger partial charge in [-0.05, 0) is 70.5 Å². The van der Waals surface area contributed by atoms with Crippen molar-refractivity contribution < 1.29 is 26.7 Å². The number of nitrogens with zero attached hydrogens (tertiary/aromatic N) is 6. The monoisotopic (exact) mass is 766 g/mol. The average Bonchev–Trinajstić information content (AvgIpc) is 3.55. The zero-order valence-electron chi connectivity index (χ0n) is 32.3. The largest absolute Gasteiger partial charge is 0.476 e. The van der Waals surface area contributed by atoms with Crippen molar-refractivity contribution in [1.82, 2.24) is 24.4 Å². The number of halogens is 5. The number of pyridine rings is 1. The van der Waals surface area contributed by atoms with Gasteiger partial charge in [-0.2, -0.15) is 22.0 Å². The van der Waals surface area contributed by atoms with E-state index in [2.05, 4.69) is 40.5 Å². The number of anilines is 1. The van der Waals surface area contributed by atoms with Crippen molar-refractivity contribution in [2.45, 2.75) is 91.9 Å². The molecule has 0 unspecified atom stereocenters. The molecule has 0 radical (unpaired) electrons. The van der Waals surface area contributed by atoms with Gasteiger partial charge in [0.15, 0.2) is 5.82 Å². The van der Waals surface area contributed by atoms with Gasteiger partial charge in [0.1, 0.15) is 17.5 Å². The molecule has 0 aliphatic carbocycles. The number of aromatic nitrogens is 3. The number of rotatable bonds is 19. The Bertz CT molecular complexity index is 1670. The van der Waals surface area contributed by atoms with E-state index in [1.54, 1.807) is 17.9 Å². The Labute approximate surface area is 315 Å². The number of nitrogens with two attached hydrogens (primary N) is 1. The molecular weight excluding hydrogens is 712 g/mol. The van der Waals surface area contributed by atoms with E-state index in [-0.39, 0.29) is 40.0 Å². The molecule has 53 heavy (non-hydrogen) atoms. The molecule has 3 N–H and O–H groups in total. The third-order valence-corrected chi connectivity index (χ3v) is 9.13. The van der Waals surface area contributed by atoms with Crippen molar-refractivity contribution in [2.24, 2.45) is 21.6 Å². The van der Waals surface area contributed by atoms with E-state index < -0.39 is 30.7 Å². The van der Waals surface area contributed by atoms with Gasteiger partial charge >= 0.3 is 6.18 Å². The highest BCUT2D eigenvalue weighted by Crippen LogP contribution is 2.38. The average molecular weight is 767 g/mol. The molecule has 0 bridgehead atoms. The Kier molecular flexibility index (Phi) is 15.3. The Morgan fingerprint density at radius 2 is 1.70 bits per heavy atom. The quantitative estimate of drug-likeness (QED) is 0.0710. The van der Waals surface area contributed by atoms with Crippen molar-refractivity contribution in [2.75, 3.05) is 44.2 Å². The molecule has 2 heterocycles. The molecule has 0 spiro atoms. The van der Waals surface area contributed by atoms with Gasteiger partial charge in [0.25, 0.3) is 5.92 Å². The van der Waals surface area contributed by atoms with Crippen LogP contribution in [0.1, 0.15) is 79.9 Å². The van der Waals surface area contributed by atoms with E-state index in [0.29, 0.717) is 19.5 Å². The van der Waals surface area contributed by atoms with E-state index in [9.17, 15) is 13.2 Å². The Hall–Kier alpha value is -3.69. The van der Waals surface area contributed by atoms with Gasteiger partial charge < -0.3 is 15.4 Å². The van der Waals surface area contributed by atoms with Crippen LogP contribution in [0, 0.1) is 10.8 Å². The highest BCUT2D eigenvalue weighted by Gasteiger charge is 2.48. The van der Waals surface area contributed by atoms with Crippen LogP contribution in [0.15, 0.2) is 64.7 Å². The SMILES string of the molecule is C/C=N\C(=C(/N)c1ccccc1C(F)(F)CN(CCCN(CC(C)(C)C)c1cccc(SNCC)n1)C(C)C)n1ccc(OCC(C)(C)C(F)(F)F)n1. The molecule has 1 aromatic carbocycles. The predicted molar refractivity (Wildman–Crippen MR) is 206 cm³/mol. The fraction of sp³-hybridized carbons (Fsp3) is 0.553. The van der Waals surface area contributed by atoms with Gasteiger partial charge in [-0.15, -0.1) is 5.10 Å². The van der Waals surface area contributed by atoms with Crippen LogP contribution in [0.2, 0.25) is 0 Å². The van der Waals surface area contributed by atoms with Crippen molar-refractivity contribution in [3.63, 3.8) is 0 Å². The summed E-state index contributed by atoms with van der Waals surface area (Å²) in [6.07, 6.45) is -1.03. The van der Waals surface area contributed by atoms with Crippen LogP contribution in [0.3, 0.4) is 0 Å². The van der Waals surface area contributed by atoms with Crippen LogP contribution in [-0.2, 0) is 5.92 Å². The second-order valence-electron chi connectivity index (χ2n) is 15.0. The third kappa shape index (κ3) is 12.7. The first kappa shape index (κ1) is 43.7. The van der Waals surface area contributed by atoms with Crippen molar-refractivity contribution >= 4 is 35.5 Å². The minimum Gasteiger partial charge on any atom is -0.476 e. The summed E-state index contributed by atoms with van der Waals surface area (Å²) in [5, 5.41) is 5.06. The molecule has 9 nitrogen and oxygen atoms in total. The van der Waals surface area contributed by atoms with E-state index >= 15 is 8.78 Å². The van der Waals surface area contributed by atoms with Crippen LogP contribution < -0.4 is 20.1 Å². The molecule has 0 saturated carbocycles. The summed E-state index contributed by atoms with van der Waals surface area (Å²) in [6.45, 7) is 17.3. The first-order valence-electron chi connectivity index (χ1n) is 17.8. The number of ether oxygens (including phenoxy) is 1. The summed E-state index contributed by atoms with van der Waals surface area (Å²) in [4.78, 5) is 13.1. The smallest absolute Gasteiger partial charge is 0.397 e. The third-order valence-electron chi connectivity index (χ3n) is 8.26. The summed E-state index contributed by atoms with van der Waals surface area (Å²) < 4.78 is 82.7. The minimum atomic E-state index is -4.49. The highest BCUT2D eigenvalue weighted by atomic mass is 32.2. The Balaban J connectivity index is 1.85. The molecule has 3 rings (SSSR count). The van der Waals surface area contributed by atoms with E-state index in [4.69, 9.17) is 15.5 Å². The fourth-order valence-corrected chi connectivity index (χ4v) is 5.90. The first-order valence-corrected chi connectivity index (χ1v) is 18.6. The zero-order chi connectivity index (χ0) is 39.6. The van der Waals surface area contributed by atoms with E-state index in [1.807, 2.05) is 39.0 Å². The lowest BCUT2D eigenvalue weighted by Gasteiger charge is -2.34. The fourth-order valence-electron chi connectivity index (χ4n) is 5.33. The number of alkyl halides is 5. The lowest BCUT2D eigenvalue weighted by Crippen LogP contribution is -2.42. The summed E-state index contributed by atoms with van der Waals surface area (Å²) in [5.41, 5.74) is 4.12. The second-order valence-corrected chi connectivity index (χ2v) is 15.9. The van der Waals surface area contributed by atoms with Gasteiger partial charge in [0.2, 0.25) is 5.88 Å². The summed E-state index contributed by atoms with van der Waals surface area (Å²) >= 11 is 1.47. The normalized spacial score (nSPS) is 13.7. The number of hydrogen-bond acceptors (Lipinski definition) is 9. The van der Waals surface area contributed by atoms with Gasteiger partial charge in [0, 0.05) is 61.8 Å². The molecule has 0 aliphatic rings. The number of aliphatic imine (C=N–C) groups is 1. The zero-order valence-corrected chi connectivity index (χ0v) is 33.1. The van der Waals surface area contributed by atoms with Crippen molar-refractivity contribution in [3.8, 4) is 5.88 Å². The van der Waals surface area contributed by atoms with Crippen LogP contribution in [0.25, 0.3) is 11.5 Å². The molecule has 0 atom stereocenters. The van der Waals surface area contributed by atoms with Gasteiger partial charge in [0.05, 0.1) is 17.7 Å². The highest BCUT2D eigenvalue weighted by molar-refractivity contribution is 7.97. The van der Waals surface area contributed by atoms with Crippen LogP contribution in [0.5, 0.6) is 5.88 Å². The first-order chi connectivity index (χ1) is 24.7. The topological polar surface area (TPSA) is 96.8 Å². The molecular formula is C38H55F5N8OS. The van der Waals surface area contributed by atoms with Gasteiger partial charge in [-0.3, -0.25) is 9.62 Å². The Morgan fingerprint density at radius 1 is 1.00 bits per heavy atom. The molecule has 0 aliphatic heterocycles. The molecule has 3 aromatic rings. The summed E-state index contributed by atoms with van der Waals surface area (Å²) in [5.74, 6) is -2.56. The van der Waals surface area contributed by atoms with Gasteiger partial charge in [-0.25, -0.2) is 14.7 Å². The molecule has 294 valence electrons. The van der Waals surface area contributed by atoms with Gasteiger partial charge in [-0.1, -0.05) is 58.0 Å². The molecule has 0 fully saturated rings. The summed E-state index contributed by atoms with van der Waals surface area (Å²) in [6, 6.07) is 13.1. The molecule has 2 aromatic heterocycles. The van der Waals surface area contributed by atoms with Crippen LogP contribution in [0.4, 0.5) is 27.8 Å². The maximum atomic E-state index is 16.4. The van der Waals surface area contributed by atoms with Crippen LogP contribution in [-0.4, -0.2) is 77.4 Å².